The Balaban J connectivity index is 1.25. The van der Waals surface area contributed by atoms with Crippen LogP contribution in [-0.4, -0.2) is 47.1 Å². The summed E-state index contributed by atoms with van der Waals surface area (Å²) in [6, 6.07) is 0.439. The summed E-state index contributed by atoms with van der Waals surface area (Å²) in [6.07, 6.45) is 16.7. The third-order valence-electron chi connectivity index (χ3n) is 9.26. The van der Waals surface area contributed by atoms with Gasteiger partial charge in [0, 0.05) is 12.0 Å². The lowest BCUT2D eigenvalue weighted by Crippen LogP contribution is -2.52. The Morgan fingerprint density at radius 2 is 1.45 bits per heavy atom. The molecule has 0 aliphatic heterocycles. The van der Waals surface area contributed by atoms with Crippen LogP contribution in [0.5, 0.6) is 0 Å². The van der Waals surface area contributed by atoms with Crippen molar-refractivity contribution < 1.29 is 19.7 Å². The van der Waals surface area contributed by atoms with E-state index in [0.29, 0.717) is 12.0 Å². The zero-order valence-corrected chi connectivity index (χ0v) is 21.5. The zero-order valence-electron chi connectivity index (χ0n) is 21.5. The molecule has 0 bridgehead atoms. The molecule has 0 amide bonds. The molecule has 192 valence electrons. The Bertz CT molecular complexity index is 568. The minimum atomic E-state index is -0.789. The molecular formula is C28H51NO4. The van der Waals surface area contributed by atoms with Crippen LogP contribution in [0.15, 0.2) is 0 Å². The molecule has 4 aliphatic carbocycles. The van der Waals surface area contributed by atoms with Gasteiger partial charge in [0.2, 0.25) is 0 Å². The largest absolute Gasteiger partial charge is 0.378 e. The Hall–Kier alpha value is -0.200. The number of rotatable bonds is 10. The van der Waals surface area contributed by atoms with Crippen LogP contribution >= 0.6 is 0 Å². The molecule has 0 radical (unpaired) electrons. The summed E-state index contributed by atoms with van der Waals surface area (Å²) in [6.45, 7) is 6.04. The predicted octanol–water partition coefficient (Wildman–Crippen LogP) is 5.38. The third-order valence-corrected chi connectivity index (χ3v) is 9.26. The number of nitrogens with one attached hydrogen (secondary N) is 1. The predicted molar refractivity (Wildman–Crippen MR) is 132 cm³/mol. The van der Waals surface area contributed by atoms with Gasteiger partial charge in [0.05, 0.1) is 18.3 Å². The molecule has 4 fully saturated rings. The maximum atomic E-state index is 11.2. The highest BCUT2D eigenvalue weighted by molar-refractivity contribution is 4.92. The lowest BCUT2D eigenvalue weighted by atomic mass is 9.75. The Labute approximate surface area is 202 Å². The van der Waals surface area contributed by atoms with E-state index in [1.807, 2.05) is 0 Å². The summed E-state index contributed by atoms with van der Waals surface area (Å²) in [5.41, 5.74) is 0. The molecule has 4 aliphatic rings. The van der Waals surface area contributed by atoms with Crippen LogP contribution in [0.1, 0.15) is 111 Å². The lowest BCUT2D eigenvalue weighted by Gasteiger charge is -2.44. The van der Waals surface area contributed by atoms with Gasteiger partial charge in [-0.3, -0.25) is 5.32 Å². The number of hydrogen-bond acceptors (Lipinski definition) is 5. The first kappa shape index (κ1) is 25.9. The van der Waals surface area contributed by atoms with Crippen LogP contribution < -0.4 is 5.32 Å². The van der Waals surface area contributed by atoms with Crippen LogP contribution in [0.2, 0.25) is 0 Å². The number of ether oxygens (including phenoxy) is 2. The standard InChI is InChI=1S/C28H51NO4/c1-18-15-24(17-26(27(18)33-20(3)30)32-19(2)23-11-12-23)28(31)29-25-13-9-22(10-14-25)16-21-7-5-4-6-8-21/h18-31H,4-17H2,1-3H3. The fourth-order valence-electron chi connectivity index (χ4n) is 7.14. The van der Waals surface area contributed by atoms with E-state index >= 15 is 0 Å². The van der Waals surface area contributed by atoms with E-state index in [4.69, 9.17) is 9.47 Å². The molecule has 7 unspecified atom stereocenters. The van der Waals surface area contributed by atoms with Crippen molar-refractivity contribution in [2.45, 2.75) is 148 Å². The minimum absolute atomic E-state index is 0.0633. The molecule has 4 rings (SSSR count). The van der Waals surface area contributed by atoms with Gasteiger partial charge >= 0.3 is 0 Å². The summed E-state index contributed by atoms with van der Waals surface area (Å²) >= 11 is 0. The molecule has 0 aromatic rings. The Morgan fingerprint density at radius 3 is 2.09 bits per heavy atom. The zero-order chi connectivity index (χ0) is 23.4. The molecule has 4 saturated carbocycles. The molecule has 0 aromatic heterocycles. The quantitative estimate of drug-likeness (QED) is 0.378. The molecular weight excluding hydrogens is 414 g/mol. The lowest BCUT2D eigenvalue weighted by molar-refractivity contribution is -0.211. The van der Waals surface area contributed by atoms with E-state index in [1.54, 1.807) is 6.92 Å². The first-order valence-electron chi connectivity index (χ1n) is 14.3. The molecule has 5 heteroatoms. The third kappa shape index (κ3) is 7.64. The summed E-state index contributed by atoms with van der Waals surface area (Å²) in [5.74, 6) is 2.97. The van der Waals surface area contributed by atoms with Crippen molar-refractivity contribution in [3.63, 3.8) is 0 Å². The van der Waals surface area contributed by atoms with E-state index in [1.165, 1.54) is 77.0 Å². The Kier molecular flexibility index (Phi) is 9.54. The average Bonchev–Trinajstić information content (AvgIpc) is 3.63. The topological polar surface area (TPSA) is 71.0 Å². The van der Waals surface area contributed by atoms with Crippen LogP contribution in [0, 0.1) is 29.6 Å². The first-order valence-corrected chi connectivity index (χ1v) is 14.3. The van der Waals surface area contributed by atoms with Crippen LogP contribution in [0.3, 0.4) is 0 Å². The summed E-state index contributed by atoms with van der Waals surface area (Å²) in [4.78, 5) is 0. The maximum absolute atomic E-state index is 11.2. The minimum Gasteiger partial charge on any atom is -0.378 e. The normalized spacial score (nSPS) is 39.2. The van der Waals surface area contributed by atoms with Crippen LogP contribution in [-0.2, 0) is 9.47 Å². The van der Waals surface area contributed by atoms with Gasteiger partial charge in [-0.05, 0) is 95.3 Å². The fourth-order valence-corrected chi connectivity index (χ4v) is 7.14. The van der Waals surface area contributed by atoms with Crippen molar-refractivity contribution in [3.05, 3.63) is 0 Å². The van der Waals surface area contributed by atoms with E-state index in [-0.39, 0.29) is 30.1 Å². The summed E-state index contributed by atoms with van der Waals surface area (Å²) in [5, 5.41) is 24.6. The van der Waals surface area contributed by atoms with Gasteiger partial charge in [-0.2, -0.15) is 0 Å². The van der Waals surface area contributed by atoms with Crippen molar-refractivity contribution >= 4 is 0 Å². The first-order chi connectivity index (χ1) is 15.9. The highest BCUT2D eigenvalue weighted by Gasteiger charge is 2.43. The van der Waals surface area contributed by atoms with E-state index in [2.05, 4.69) is 19.2 Å². The summed E-state index contributed by atoms with van der Waals surface area (Å²) < 4.78 is 12.4. The van der Waals surface area contributed by atoms with Crippen LogP contribution in [0.25, 0.3) is 0 Å². The average molecular weight is 466 g/mol. The van der Waals surface area contributed by atoms with Gasteiger partial charge in [0.1, 0.15) is 6.23 Å². The molecule has 0 heterocycles. The van der Waals surface area contributed by atoms with Crippen LogP contribution in [0.4, 0.5) is 0 Å². The van der Waals surface area contributed by atoms with Crippen molar-refractivity contribution in [2.24, 2.45) is 29.6 Å². The van der Waals surface area contributed by atoms with Gasteiger partial charge in [-0.25, -0.2) is 0 Å². The van der Waals surface area contributed by atoms with Gasteiger partial charge in [-0.1, -0.05) is 39.0 Å². The van der Waals surface area contributed by atoms with Gasteiger partial charge in [0.15, 0.2) is 6.29 Å². The van der Waals surface area contributed by atoms with E-state index in [9.17, 15) is 10.2 Å². The van der Waals surface area contributed by atoms with Crippen molar-refractivity contribution in [2.75, 3.05) is 0 Å². The van der Waals surface area contributed by atoms with Crippen molar-refractivity contribution in [1.29, 1.82) is 0 Å². The van der Waals surface area contributed by atoms with Crippen molar-refractivity contribution in [1.82, 2.24) is 5.32 Å². The number of hydrogen-bond donors (Lipinski definition) is 3. The smallest absolute Gasteiger partial charge is 0.152 e. The highest BCUT2D eigenvalue weighted by atomic mass is 16.6. The highest BCUT2D eigenvalue weighted by Crippen LogP contribution is 2.40. The fraction of sp³-hybridized carbons (Fsp3) is 1.00. The maximum Gasteiger partial charge on any atom is 0.152 e. The Morgan fingerprint density at radius 1 is 0.788 bits per heavy atom. The second-order valence-electron chi connectivity index (χ2n) is 12.2. The number of aliphatic hydroxyl groups excluding tert-OH is 2. The van der Waals surface area contributed by atoms with E-state index in [0.717, 1.165) is 24.7 Å². The molecule has 3 N–H and O–H groups in total. The molecule has 5 nitrogen and oxygen atoms in total. The molecule has 0 saturated heterocycles. The second-order valence-corrected chi connectivity index (χ2v) is 12.2. The van der Waals surface area contributed by atoms with E-state index < -0.39 is 12.5 Å². The molecule has 0 aromatic carbocycles. The second kappa shape index (κ2) is 12.2. The van der Waals surface area contributed by atoms with Crippen molar-refractivity contribution in [3.8, 4) is 0 Å². The SMILES string of the molecule is CC(O)OC1C(C)CC(C(O)NC2CCC(CC3CCCCC3)CC2)CC1OC(C)C1CC1. The molecule has 7 atom stereocenters. The molecule has 0 spiro atoms. The molecule has 33 heavy (non-hydrogen) atoms. The van der Waals surface area contributed by atoms with Gasteiger partial charge in [0.25, 0.3) is 0 Å². The van der Waals surface area contributed by atoms with Gasteiger partial charge < -0.3 is 19.7 Å². The summed E-state index contributed by atoms with van der Waals surface area (Å²) in [7, 11) is 0. The number of aliphatic hydroxyl groups is 2. The van der Waals surface area contributed by atoms with Gasteiger partial charge in [-0.15, -0.1) is 0 Å². The monoisotopic (exact) mass is 465 g/mol.